The summed E-state index contributed by atoms with van der Waals surface area (Å²) in [5.74, 6) is -1.66. The first-order valence-corrected chi connectivity index (χ1v) is 11.3. The maximum absolute atomic E-state index is 12.8. The zero-order valence-electron chi connectivity index (χ0n) is 17.8. The third kappa shape index (κ3) is 7.14. The van der Waals surface area contributed by atoms with E-state index in [4.69, 9.17) is 24.8 Å². The van der Waals surface area contributed by atoms with E-state index in [0.717, 1.165) is 5.56 Å². The molecule has 1 aromatic carbocycles. The minimum absolute atomic E-state index is 0.295. The predicted molar refractivity (Wildman–Crippen MR) is 111 cm³/mol. The molecule has 1 aromatic rings. The van der Waals surface area contributed by atoms with Crippen LogP contribution < -0.4 is 0 Å². The molecule has 28 heavy (non-hydrogen) atoms. The van der Waals surface area contributed by atoms with Gasteiger partial charge >= 0.3 is 11.9 Å². The van der Waals surface area contributed by atoms with E-state index in [2.05, 4.69) is 0 Å². The first kappa shape index (κ1) is 24.5. The minimum Gasteiger partial charge on any atom is -0.459 e. The molecule has 0 saturated carbocycles. The van der Waals surface area contributed by atoms with Crippen LogP contribution in [0.4, 0.5) is 0 Å². The summed E-state index contributed by atoms with van der Waals surface area (Å²) in [6.07, 6.45) is 0. The molecule has 0 fully saturated rings. The molecular weight excluding hydrogens is 400 g/mol. The molecule has 0 heterocycles. The fourth-order valence-corrected chi connectivity index (χ4v) is 3.43. The van der Waals surface area contributed by atoms with Crippen LogP contribution in [0, 0.1) is 12.3 Å². The van der Waals surface area contributed by atoms with Gasteiger partial charge in [0, 0.05) is 11.2 Å². The Morgan fingerprint density at radius 1 is 0.893 bits per heavy atom. The van der Waals surface area contributed by atoms with Gasteiger partial charge in [-0.15, -0.1) is 0 Å². The summed E-state index contributed by atoms with van der Waals surface area (Å²) >= 11 is 5.11. The van der Waals surface area contributed by atoms with Gasteiger partial charge in [-0.1, -0.05) is 17.7 Å². The van der Waals surface area contributed by atoms with Gasteiger partial charge < -0.3 is 9.47 Å². The van der Waals surface area contributed by atoms with Crippen LogP contribution in [0.5, 0.6) is 0 Å². The lowest BCUT2D eigenvalue weighted by Gasteiger charge is -2.32. The molecule has 0 bridgehead atoms. The Morgan fingerprint density at radius 3 is 1.64 bits per heavy atom. The van der Waals surface area contributed by atoms with Crippen molar-refractivity contribution in [1.82, 2.24) is 0 Å². The van der Waals surface area contributed by atoms with Crippen molar-refractivity contribution in [1.29, 1.82) is 0 Å². The van der Waals surface area contributed by atoms with Gasteiger partial charge in [0.1, 0.15) is 11.2 Å². The highest BCUT2D eigenvalue weighted by atomic mass is 32.8. The lowest BCUT2D eigenvalue weighted by atomic mass is 9.91. The van der Waals surface area contributed by atoms with Gasteiger partial charge in [-0.2, -0.15) is 0 Å². The summed E-state index contributed by atoms with van der Waals surface area (Å²) in [5, 5.41) is 0. The van der Waals surface area contributed by atoms with E-state index in [0.29, 0.717) is 4.90 Å². The van der Waals surface area contributed by atoms with E-state index < -0.39 is 43.9 Å². The molecule has 0 aliphatic carbocycles. The topological polar surface area (TPSA) is 78.9 Å². The van der Waals surface area contributed by atoms with Crippen molar-refractivity contribution in [2.75, 3.05) is 6.61 Å². The second-order valence-electron chi connectivity index (χ2n) is 8.87. The maximum atomic E-state index is 12.8. The molecule has 6 nitrogen and oxygen atoms in total. The molecular formula is C20H30O6S2. The summed E-state index contributed by atoms with van der Waals surface area (Å²) in [7, 11) is -3.35. The number of hydrogen-bond donors (Lipinski definition) is 0. The number of aryl methyl sites for hydroxylation is 1. The highest BCUT2D eigenvalue weighted by molar-refractivity contribution is 8.30. The first-order chi connectivity index (χ1) is 12.5. The molecule has 8 heteroatoms. The van der Waals surface area contributed by atoms with E-state index >= 15 is 0 Å². The number of carbonyl (C=O) groups excluding carboxylic acids is 2. The highest BCUT2D eigenvalue weighted by Crippen LogP contribution is 2.29. The molecule has 0 spiro atoms. The largest absolute Gasteiger partial charge is 0.459 e. The number of ether oxygens (including phenoxy) is 2. The predicted octanol–water partition coefficient (Wildman–Crippen LogP) is 3.72. The van der Waals surface area contributed by atoms with Crippen molar-refractivity contribution in [3.8, 4) is 0 Å². The quantitative estimate of drug-likeness (QED) is 0.503. The maximum Gasteiger partial charge on any atom is 0.326 e. The second kappa shape index (κ2) is 8.47. The van der Waals surface area contributed by atoms with Crippen LogP contribution in [-0.2, 0) is 43.2 Å². The van der Waals surface area contributed by atoms with Crippen molar-refractivity contribution in [2.45, 2.75) is 71.5 Å². The van der Waals surface area contributed by atoms with E-state index in [9.17, 15) is 13.8 Å². The van der Waals surface area contributed by atoms with Gasteiger partial charge in [0.2, 0.25) is 0 Å². The number of esters is 2. The van der Waals surface area contributed by atoms with Crippen LogP contribution in [-0.4, -0.2) is 34.0 Å². The van der Waals surface area contributed by atoms with Crippen molar-refractivity contribution in [2.24, 2.45) is 5.41 Å². The fraction of sp³-hybridized carbons (Fsp3) is 0.600. The van der Waals surface area contributed by atoms with Crippen LogP contribution in [0.2, 0.25) is 0 Å². The van der Waals surface area contributed by atoms with Crippen molar-refractivity contribution in [3.05, 3.63) is 29.8 Å². The van der Waals surface area contributed by atoms with Gasteiger partial charge in [0.05, 0.1) is 11.5 Å². The van der Waals surface area contributed by atoms with Crippen LogP contribution in [0.25, 0.3) is 0 Å². The van der Waals surface area contributed by atoms with E-state index in [1.54, 1.807) is 65.8 Å². The second-order valence-corrected chi connectivity index (χ2v) is 11.8. The van der Waals surface area contributed by atoms with Crippen LogP contribution >= 0.6 is 0 Å². The average molecular weight is 431 g/mol. The third-order valence-electron chi connectivity index (χ3n) is 3.51. The Bertz CT molecular complexity index is 784. The Balaban J connectivity index is 3.16. The summed E-state index contributed by atoms with van der Waals surface area (Å²) in [6.45, 7) is 12.8. The van der Waals surface area contributed by atoms with Gasteiger partial charge in [0.25, 0.3) is 0 Å². The molecule has 1 unspecified atom stereocenters. The Labute approximate surface area is 172 Å². The zero-order valence-corrected chi connectivity index (χ0v) is 19.4. The molecule has 0 aliphatic heterocycles. The highest BCUT2D eigenvalue weighted by Gasteiger charge is 2.48. The van der Waals surface area contributed by atoms with Gasteiger partial charge in [0.15, 0.2) is 14.2 Å². The summed E-state index contributed by atoms with van der Waals surface area (Å²) < 4.78 is 29.0. The normalized spacial score (nSPS) is 14.9. The van der Waals surface area contributed by atoms with Crippen LogP contribution in [0.15, 0.2) is 29.2 Å². The van der Waals surface area contributed by atoms with Gasteiger partial charge in [-0.05, 0) is 67.5 Å². The Hall–Kier alpha value is -1.51. The van der Waals surface area contributed by atoms with Crippen molar-refractivity contribution < 1.29 is 27.5 Å². The lowest BCUT2D eigenvalue weighted by molar-refractivity contribution is -0.185. The Morgan fingerprint density at radius 2 is 1.29 bits per heavy atom. The molecule has 0 amide bonds. The van der Waals surface area contributed by atoms with Crippen molar-refractivity contribution in [3.63, 3.8) is 0 Å². The fourth-order valence-electron chi connectivity index (χ4n) is 1.95. The molecule has 158 valence electrons. The minimum atomic E-state index is -3.35. The molecule has 1 rings (SSSR count). The standard InChI is InChI=1S/C20H30O6S2/c1-14-9-11-15(12-10-14)28(23,27)24-13-20(8,16(21)25-18(2,3)4)17(22)26-19(5,6)7/h9-12H,13H2,1-8H3. The summed E-state index contributed by atoms with van der Waals surface area (Å²) in [5.41, 5.74) is -2.51. The van der Waals surface area contributed by atoms with Gasteiger partial charge in [-0.3, -0.25) is 13.8 Å². The number of carbonyl (C=O) groups is 2. The molecule has 0 aliphatic rings. The molecule has 1 atom stereocenters. The zero-order chi connectivity index (χ0) is 22.0. The van der Waals surface area contributed by atoms with E-state index in [-0.39, 0.29) is 0 Å². The van der Waals surface area contributed by atoms with Crippen LogP contribution in [0.3, 0.4) is 0 Å². The number of benzene rings is 1. The average Bonchev–Trinajstić information content (AvgIpc) is 2.49. The molecule has 0 saturated heterocycles. The smallest absolute Gasteiger partial charge is 0.326 e. The third-order valence-corrected chi connectivity index (χ3v) is 5.65. The van der Waals surface area contributed by atoms with Crippen LogP contribution in [0.1, 0.15) is 54.0 Å². The molecule has 0 radical (unpaired) electrons. The first-order valence-electron chi connectivity index (χ1n) is 8.89. The van der Waals surface area contributed by atoms with E-state index in [1.165, 1.54) is 6.92 Å². The van der Waals surface area contributed by atoms with Crippen molar-refractivity contribution >= 4 is 31.9 Å². The number of hydrogen-bond acceptors (Lipinski definition) is 7. The number of rotatable bonds is 6. The SMILES string of the molecule is Cc1ccc(S(=O)(=S)OCC(C)(C(=O)OC(C)(C)C)C(=O)OC(C)(C)C)cc1. The molecule has 0 N–H and O–H groups in total. The monoisotopic (exact) mass is 430 g/mol. The molecule has 0 aromatic heterocycles. The summed E-state index contributed by atoms with van der Waals surface area (Å²) in [4.78, 5) is 25.8. The summed E-state index contributed by atoms with van der Waals surface area (Å²) in [6, 6.07) is 6.71. The Kier molecular flexibility index (Phi) is 7.42. The van der Waals surface area contributed by atoms with E-state index in [1.807, 2.05) is 6.92 Å². The lowest BCUT2D eigenvalue weighted by Crippen LogP contribution is -2.48. The van der Waals surface area contributed by atoms with Gasteiger partial charge in [-0.25, -0.2) is 4.21 Å².